The normalized spacial score (nSPS) is 10.2. The van der Waals surface area contributed by atoms with Crippen LogP contribution in [0.25, 0.3) is 5.53 Å². The van der Waals surface area contributed by atoms with Crippen molar-refractivity contribution in [3.8, 4) is 0 Å². The molecule has 0 spiro atoms. The Kier molecular flexibility index (Phi) is 4.73. The molecule has 15 heavy (non-hydrogen) atoms. The number of allylic oxidation sites excluding steroid dienone is 1. The van der Waals surface area contributed by atoms with Crippen molar-refractivity contribution in [2.24, 2.45) is 0 Å². The topological polar surface area (TPSA) is 62.7 Å². The van der Waals surface area contributed by atoms with Gasteiger partial charge in [-0.2, -0.15) is 18.0 Å². The van der Waals surface area contributed by atoms with Crippen molar-refractivity contribution in [1.29, 1.82) is 0 Å². The van der Waals surface area contributed by atoms with Crippen LogP contribution in [0, 0.1) is 0 Å². The molecule has 0 rings (SSSR count). The van der Waals surface area contributed by atoms with Crippen molar-refractivity contribution in [3.63, 3.8) is 0 Å². The summed E-state index contributed by atoms with van der Waals surface area (Å²) >= 11 is 0. The van der Waals surface area contributed by atoms with E-state index in [-0.39, 0.29) is 6.61 Å². The Hall–Kier alpha value is -1.62. The number of carbonyl (C=O) groups excluding carboxylic acids is 1. The molecule has 0 aromatic carbocycles. The summed E-state index contributed by atoms with van der Waals surface area (Å²) in [6.07, 6.45) is -3.60. The summed E-state index contributed by atoms with van der Waals surface area (Å²) in [5.41, 5.74) is 6.81. The molecule has 0 atom stereocenters. The van der Waals surface area contributed by atoms with Crippen LogP contribution in [-0.4, -0.2) is 29.3 Å². The van der Waals surface area contributed by atoms with Crippen LogP contribution in [0.3, 0.4) is 0 Å². The van der Waals surface area contributed by atoms with E-state index >= 15 is 0 Å². The second-order valence-corrected chi connectivity index (χ2v) is 2.83. The molecule has 0 aliphatic carbocycles. The summed E-state index contributed by atoms with van der Waals surface area (Å²) in [5.74, 6) is -1.71. The Balaban J connectivity index is 4.46. The number of nitrogens with zero attached hydrogens (tertiary/aromatic N) is 2. The van der Waals surface area contributed by atoms with E-state index in [9.17, 15) is 18.0 Å². The first-order valence-electron chi connectivity index (χ1n) is 3.88. The minimum Gasteiger partial charge on any atom is -0.453 e. The minimum absolute atomic E-state index is 0.295. The molecule has 84 valence electrons. The Labute approximate surface area is 84.0 Å². The van der Waals surface area contributed by atoms with Crippen molar-refractivity contribution >= 4 is 11.7 Å². The van der Waals surface area contributed by atoms with Crippen molar-refractivity contribution in [2.75, 3.05) is 6.61 Å². The average molecular weight is 222 g/mol. The van der Waals surface area contributed by atoms with E-state index in [0.717, 1.165) is 5.57 Å². The van der Waals surface area contributed by atoms with E-state index in [0.29, 0.717) is 0 Å². The van der Waals surface area contributed by atoms with E-state index < -0.39 is 17.9 Å². The van der Waals surface area contributed by atoms with Gasteiger partial charge in [0, 0.05) is 0 Å². The zero-order chi connectivity index (χ0) is 12.1. The molecule has 7 heteroatoms. The van der Waals surface area contributed by atoms with Crippen LogP contribution in [-0.2, 0) is 9.53 Å². The largest absolute Gasteiger partial charge is 0.503 e. The third-order valence-corrected chi connectivity index (χ3v) is 1.27. The number of carbonyl (C=O) groups is 1. The Morgan fingerprint density at radius 2 is 2.00 bits per heavy atom. The smallest absolute Gasteiger partial charge is 0.453 e. The number of halogens is 3. The van der Waals surface area contributed by atoms with Gasteiger partial charge in [-0.25, -0.2) is 4.79 Å². The van der Waals surface area contributed by atoms with Crippen LogP contribution in [0.15, 0.2) is 11.6 Å². The number of hydrogen-bond acceptors (Lipinski definition) is 2. The maximum Gasteiger partial charge on any atom is 0.503 e. The first-order valence-corrected chi connectivity index (χ1v) is 3.88. The van der Waals surface area contributed by atoms with Crippen LogP contribution >= 0.6 is 0 Å². The number of ether oxygens (including phenoxy) is 1. The minimum atomic E-state index is -5.02. The van der Waals surface area contributed by atoms with Gasteiger partial charge in [-0.3, -0.25) is 0 Å². The summed E-state index contributed by atoms with van der Waals surface area (Å²) in [6, 6.07) is 0. The number of esters is 1. The quantitative estimate of drug-likeness (QED) is 0.240. The van der Waals surface area contributed by atoms with Gasteiger partial charge in [-0.05, 0) is 19.9 Å². The fourth-order valence-corrected chi connectivity index (χ4v) is 0.566. The van der Waals surface area contributed by atoms with E-state index in [1.165, 1.54) is 6.08 Å². The zero-order valence-corrected chi connectivity index (χ0v) is 8.13. The molecular formula is C8H9F3N2O2. The van der Waals surface area contributed by atoms with Crippen LogP contribution in [0.5, 0.6) is 0 Å². The van der Waals surface area contributed by atoms with Gasteiger partial charge in [0.05, 0.1) is 0 Å². The summed E-state index contributed by atoms with van der Waals surface area (Å²) in [4.78, 5) is 12.6. The molecule has 0 aromatic rings. The number of rotatable bonds is 3. The summed E-state index contributed by atoms with van der Waals surface area (Å²) in [6.45, 7) is 3.09. The lowest BCUT2D eigenvalue weighted by Crippen LogP contribution is -2.33. The molecule has 0 aliphatic heterocycles. The highest BCUT2D eigenvalue weighted by molar-refractivity contribution is 6.36. The van der Waals surface area contributed by atoms with E-state index in [4.69, 9.17) is 5.53 Å². The fourth-order valence-electron chi connectivity index (χ4n) is 0.566. The lowest BCUT2D eigenvalue weighted by Gasteiger charge is -2.01. The Morgan fingerprint density at radius 1 is 1.47 bits per heavy atom. The highest BCUT2D eigenvalue weighted by Crippen LogP contribution is 2.16. The second kappa shape index (κ2) is 5.31. The van der Waals surface area contributed by atoms with Gasteiger partial charge in [0.1, 0.15) is 6.61 Å². The maximum atomic E-state index is 11.9. The predicted octanol–water partition coefficient (Wildman–Crippen LogP) is 1.73. The van der Waals surface area contributed by atoms with Gasteiger partial charge in [0.25, 0.3) is 0 Å². The SMILES string of the molecule is CC(C)=CCOC(=O)C(=[N+]=[N-])C(F)(F)F. The molecule has 0 amide bonds. The molecule has 0 unspecified atom stereocenters. The van der Waals surface area contributed by atoms with Gasteiger partial charge >= 0.3 is 17.9 Å². The third-order valence-electron chi connectivity index (χ3n) is 1.27. The lowest BCUT2D eigenvalue weighted by atomic mass is 10.3. The Morgan fingerprint density at radius 3 is 2.33 bits per heavy atom. The first-order chi connectivity index (χ1) is 6.79. The van der Waals surface area contributed by atoms with Crippen molar-refractivity contribution in [3.05, 3.63) is 17.2 Å². The van der Waals surface area contributed by atoms with Gasteiger partial charge in [0.2, 0.25) is 0 Å². The highest BCUT2D eigenvalue weighted by Gasteiger charge is 2.51. The van der Waals surface area contributed by atoms with Crippen LogP contribution in [0.2, 0.25) is 0 Å². The predicted molar refractivity (Wildman–Crippen MR) is 45.1 cm³/mol. The number of hydrogen-bond donors (Lipinski definition) is 0. The van der Waals surface area contributed by atoms with Gasteiger partial charge in [-0.15, -0.1) is 0 Å². The second-order valence-electron chi connectivity index (χ2n) is 2.83. The summed E-state index contributed by atoms with van der Waals surface area (Å²) in [5, 5.41) is 0. The molecule has 0 aromatic heterocycles. The van der Waals surface area contributed by atoms with Crippen molar-refractivity contribution < 1.29 is 27.5 Å². The molecule has 4 nitrogen and oxygen atoms in total. The molecular weight excluding hydrogens is 213 g/mol. The zero-order valence-electron chi connectivity index (χ0n) is 8.13. The molecule has 0 fully saturated rings. The van der Waals surface area contributed by atoms with E-state index in [1.807, 2.05) is 4.79 Å². The van der Waals surface area contributed by atoms with Gasteiger partial charge in [-0.1, -0.05) is 5.57 Å². The summed E-state index contributed by atoms with van der Waals surface area (Å²) < 4.78 is 40.1. The summed E-state index contributed by atoms with van der Waals surface area (Å²) in [7, 11) is 0. The lowest BCUT2D eigenvalue weighted by molar-refractivity contribution is -0.153. The molecule has 0 saturated heterocycles. The van der Waals surface area contributed by atoms with Crippen LogP contribution in [0.1, 0.15) is 13.8 Å². The van der Waals surface area contributed by atoms with Gasteiger partial charge in [0.15, 0.2) is 0 Å². The monoisotopic (exact) mass is 222 g/mol. The van der Waals surface area contributed by atoms with E-state index in [1.54, 1.807) is 13.8 Å². The maximum absolute atomic E-state index is 11.9. The van der Waals surface area contributed by atoms with Gasteiger partial charge < -0.3 is 10.3 Å². The first kappa shape index (κ1) is 13.4. The molecule has 0 heterocycles. The fraction of sp³-hybridized carbons (Fsp3) is 0.500. The standard InChI is InChI=1S/C8H9F3N2O2/c1-5(2)3-4-15-7(14)6(13-12)8(9,10)11/h3H,4H2,1-2H3. The molecule has 0 aliphatic rings. The van der Waals surface area contributed by atoms with E-state index in [2.05, 4.69) is 4.74 Å². The molecule has 0 N–H and O–H groups in total. The molecule has 0 radical (unpaired) electrons. The number of alkyl halides is 3. The van der Waals surface area contributed by atoms with Crippen molar-refractivity contribution in [2.45, 2.75) is 20.0 Å². The van der Waals surface area contributed by atoms with Crippen molar-refractivity contribution in [1.82, 2.24) is 0 Å². The highest BCUT2D eigenvalue weighted by atomic mass is 19.4. The third kappa shape index (κ3) is 4.97. The Bertz CT molecular complexity index is 323. The van der Waals surface area contributed by atoms with Crippen LogP contribution in [0.4, 0.5) is 13.2 Å². The van der Waals surface area contributed by atoms with Crippen LogP contribution < -0.4 is 0 Å². The average Bonchev–Trinajstić information content (AvgIpc) is 2.01. The molecule has 0 bridgehead atoms. The molecule has 0 saturated carbocycles.